The second kappa shape index (κ2) is 6.66. The van der Waals surface area contributed by atoms with Crippen molar-refractivity contribution < 1.29 is 9.53 Å². The Kier molecular flexibility index (Phi) is 5.49. The van der Waals surface area contributed by atoms with Gasteiger partial charge in [0.25, 0.3) is 5.91 Å². The molecule has 0 radical (unpaired) electrons. The molecule has 0 heterocycles. The first-order valence-corrected chi connectivity index (χ1v) is 6.02. The van der Waals surface area contributed by atoms with Crippen LogP contribution in [0.3, 0.4) is 0 Å². The van der Waals surface area contributed by atoms with Crippen LogP contribution in [-0.2, 0) is 4.74 Å². The predicted molar refractivity (Wildman–Crippen MR) is 67.6 cm³/mol. The fraction of sp³-hybridized carbons (Fsp3) is 0.417. The maximum absolute atomic E-state index is 11.8. The molecule has 88 valence electrons. The van der Waals surface area contributed by atoms with E-state index in [2.05, 4.69) is 21.2 Å². The Morgan fingerprint density at radius 3 is 2.56 bits per heavy atom. The Morgan fingerprint density at radius 2 is 2.06 bits per heavy atom. The summed E-state index contributed by atoms with van der Waals surface area (Å²) in [5, 5.41) is 2.92. The molecule has 0 bridgehead atoms. The van der Waals surface area contributed by atoms with Crippen molar-refractivity contribution in [3.8, 4) is 0 Å². The fourth-order valence-electron chi connectivity index (χ4n) is 1.33. The van der Waals surface area contributed by atoms with E-state index < -0.39 is 0 Å². The molecule has 0 unspecified atom stereocenters. The van der Waals surface area contributed by atoms with Crippen molar-refractivity contribution in [1.82, 2.24) is 5.32 Å². The van der Waals surface area contributed by atoms with Gasteiger partial charge in [-0.15, -0.1) is 0 Å². The largest absolute Gasteiger partial charge is 0.383 e. The van der Waals surface area contributed by atoms with E-state index in [-0.39, 0.29) is 11.9 Å². The number of amides is 1. The molecule has 16 heavy (non-hydrogen) atoms. The number of ether oxygens (including phenoxy) is 1. The highest BCUT2D eigenvalue weighted by Gasteiger charge is 2.11. The molecule has 0 aliphatic rings. The van der Waals surface area contributed by atoms with Gasteiger partial charge in [0.15, 0.2) is 0 Å². The molecule has 0 spiro atoms. The number of halogens is 1. The number of carbonyl (C=O) groups excluding carboxylic acids is 1. The Balaban J connectivity index is 2.60. The van der Waals surface area contributed by atoms with E-state index in [0.717, 1.165) is 10.9 Å². The third kappa shape index (κ3) is 3.94. The molecule has 0 fully saturated rings. The summed E-state index contributed by atoms with van der Waals surface area (Å²) in [6.07, 6.45) is 0.857. The number of nitrogens with one attached hydrogen (secondary N) is 1. The summed E-state index contributed by atoms with van der Waals surface area (Å²) in [7, 11) is 1.63. The lowest BCUT2D eigenvalue weighted by Crippen LogP contribution is -2.37. The van der Waals surface area contributed by atoms with Crippen molar-refractivity contribution in [2.75, 3.05) is 13.7 Å². The van der Waals surface area contributed by atoms with Crippen LogP contribution in [0.1, 0.15) is 23.7 Å². The van der Waals surface area contributed by atoms with Crippen LogP contribution < -0.4 is 5.32 Å². The summed E-state index contributed by atoms with van der Waals surface area (Å²) < 4.78 is 5.99. The zero-order chi connectivity index (χ0) is 12.0. The van der Waals surface area contributed by atoms with Crippen molar-refractivity contribution in [3.05, 3.63) is 34.3 Å². The van der Waals surface area contributed by atoms with Gasteiger partial charge in [-0.3, -0.25) is 4.79 Å². The van der Waals surface area contributed by atoms with Crippen LogP contribution in [0.4, 0.5) is 0 Å². The highest BCUT2D eigenvalue weighted by Crippen LogP contribution is 2.10. The van der Waals surface area contributed by atoms with Gasteiger partial charge >= 0.3 is 0 Å². The third-order valence-electron chi connectivity index (χ3n) is 2.30. The van der Waals surface area contributed by atoms with E-state index >= 15 is 0 Å². The Labute approximate surface area is 104 Å². The molecule has 0 aliphatic heterocycles. The molecule has 3 nitrogen and oxygen atoms in total. The van der Waals surface area contributed by atoms with E-state index in [9.17, 15) is 4.79 Å². The SMILES string of the molecule is CC[C@H](COC)NC(=O)c1ccc(Br)cc1. The van der Waals surface area contributed by atoms with Crippen LogP contribution in [0.5, 0.6) is 0 Å². The number of methoxy groups -OCH3 is 1. The van der Waals surface area contributed by atoms with E-state index in [1.807, 2.05) is 19.1 Å². The average Bonchev–Trinajstić information content (AvgIpc) is 2.29. The van der Waals surface area contributed by atoms with E-state index in [0.29, 0.717) is 12.2 Å². The molecule has 1 rings (SSSR count). The summed E-state index contributed by atoms with van der Waals surface area (Å²) in [6.45, 7) is 2.56. The summed E-state index contributed by atoms with van der Waals surface area (Å²) in [4.78, 5) is 11.8. The molecule has 1 atom stereocenters. The minimum Gasteiger partial charge on any atom is -0.383 e. The Bertz CT molecular complexity index is 337. The minimum atomic E-state index is -0.0589. The first kappa shape index (κ1) is 13.2. The van der Waals surface area contributed by atoms with E-state index in [1.165, 1.54) is 0 Å². The lowest BCUT2D eigenvalue weighted by Gasteiger charge is -2.15. The second-order valence-electron chi connectivity index (χ2n) is 3.54. The van der Waals surface area contributed by atoms with Crippen LogP contribution in [0.15, 0.2) is 28.7 Å². The highest BCUT2D eigenvalue weighted by molar-refractivity contribution is 9.10. The Morgan fingerprint density at radius 1 is 1.44 bits per heavy atom. The number of rotatable bonds is 5. The molecule has 0 aromatic heterocycles. The number of carbonyl (C=O) groups is 1. The molecule has 4 heteroatoms. The van der Waals surface area contributed by atoms with Gasteiger partial charge < -0.3 is 10.1 Å². The van der Waals surface area contributed by atoms with Gasteiger partial charge in [-0.05, 0) is 30.7 Å². The lowest BCUT2D eigenvalue weighted by atomic mass is 10.2. The molecule has 0 saturated carbocycles. The van der Waals surface area contributed by atoms with Crippen molar-refractivity contribution in [3.63, 3.8) is 0 Å². The molecule has 1 amide bonds. The summed E-state index contributed by atoms with van der Waals surface area (Å²) in [6, 6.07) is 7.36. The maximum Gasteiger partial charge on any atom is 0.251 e. The monoisotopic (exact) mass is 285 g/mol. The van der Waals surface area contributed by atoms with Gasteiger partial charge in [-0.1, -0.05) is 22.9 Å². The highest BCUT2D eigenvalue weighted by atomic mass is 79.9. The number of hydrogen-bond acceptors (Lipinski definition) is 2. The molecule has 1 N–H and O–H groups in total. The molecule has 1 aromatic carbocycles. The van der Waals surface area contributed by atoms with Gasteiger partial charge in [-0.25, -0.2) is 0 Å². The fourth-order valence-corrected chi connectivity index (χ4v) is 1.60. The van der Waals surface area contributed by atoms with Gasteiger partial charge in [-0.2, -0.15) is 0 Å². The number of benzene rings is 1. The van der Waals surface area contributed by atoms with Gasteiger partial charge in [0.2, 0.25) is 0 Å². The van der Waals surface area contributed by atoms with Gasteiger partial charge in [0.05, 0.1) is 12.6 Å². The molecule has 0 saturated heterocycles. The first-order chi connectivity index (χ1) is 7.67. The molecular weight excluding hydrogens is 270 g/mol. The molecule has 1 aromatic rings. The minimum absolute atomic E-state index is 0.0589. The zero-order valence-electron chi connectivity index (χ0n) is 9.50. The first-order valence-electron chi connectivity index (χ1n) is 5.22. The topological polar surface area (TPSA) is 38.3 Å². The van der Waals surface area contributed by atoms with Gasteiger partial charge in [0, 0.05) is 17.1 Å². The molecular formula is C12H16BrNO2. The van der Waals surface area contributed by atoms with E-state index in [4.69, 9.17) is 4.74 Å². The van der Waals surface area contributed by atoms with Crippen LogP contribution in [0, 0.1) is 0 Å². The van der Waals surface area contributed by atoms with Crippen LogP contribution in [0.25, 0.3) is 0 Å². The van der Waals surface area contributed by atoms with Crippen molar-refractivity contribution in [1.29, 1.82) is 0 Å². The summed E-state index contributed by atoms with van der Waals surface area (Å²) in [5.74, 6) is -0.0589. The van der Waals surface area contributed by atoms with Crippen molar-refractivity contribution in [2.24, 2.45) is 0 Å². The quantitative estimate of drug-likeness (QED) is 0.903. The van der Waals surface area contributed by atoms with E-state index in [1.54, 1.807) is 19.2 Å². The normalized spacial score (nSPS) is 12.2. The smallest absolute Gasteiger partial charge is 0.251 e. The standard InChI is InChI=1S/C12H16BrNO2/c1-3-11(8-16-2)14-12(15)9-4-6-10(13)7-5-9/h4-7,11H,3,8H2,1-2H3,(H,14,15)/t11-/m1/s1. The summed E-state index contributed by atoms with van der Waals surface area (Å²) in [5.41, 5.74) is 0.665. The second-order valence-corrected chi connectivity index (χ2v) is 4.46. The number of hydrogen-bond donors (Lipinski definition) is 1. The predicted octanol–water partition coefficient (Wildman–Crippen LogP) is 2.60. The van der Waals surface area contributed by atoms with Crippen molar-refractivity contribution in [2.45, 2.75) is 19.4 Å². The van der Waals surface area contributed by atoms with Crippen molar-refractivity contribution >= 4 is 21.8 Å². The van der Waals surface area contributed by atoms with Gasteiger partial charge in [0.1, 0.15) is 0 Å². The lowest BCUT2D eigenvalue weighted by molar-refractivity contribution is 0.0894. The maximum atomic E-state index is 11.8. The van der Waals surface area contributed by atoms with Crippen LogP contribution in [-0.4, -0.2) is 25.7 Å². The Hall–Kier alpha value is -0.870. The van der Waals surface area contributed by atoms with Crippen LogP contribution in [0.2, 0.25) is 0 Å². The van der Waals surface area contributed by atoms with Crippen LogP contribution >= 0.6 is 15.9 Å². The zero-order valence-corrected chi connectivity index (χ0v) is 11.1. The molecule has 0 aliphatic carbocycles. The summed E-state index contributed by atoms with van der Waals surface area (Å²) >= 11 is 3.33. The third-order valence-corrected chi connectivity index (χ3v) is 2.83. The average molecular weight is 286 g/mol.